The molecule has 38 heavy (non-hydrogen) atoms. The molecule has 1 aliphatic heterocycles. The monoisotopic (exact) mass is 538 g/mol. The van der Waals surface area contributed by atoms with E-state index < -0.39 is 35.4 Å². The van der Waals surface area contributed by atoms with Crippen molar-refractivity contribution < 1.29 is 23.1 Å². The van der Waals surface area contributed by atoms with Crippen molar-refractivity contribution in [2.45, 2.75) is 31.7 Å². The Morgan fingerprint density at radius 2 is 1.84 bits per heavy atom. The average Bonchev–Trinajstić information content (AvgIpc) is 3.46. The van der Waals surface area contributed by atoms with Crippen LogP contribution in [0.25, 0.3) is 5.65 Å². The molecule has 10 heteroatoms. The van der Waals surface area contributed by atoms with E-state index in [1.165, 1.54) is 24.1 Å². The molecule has 0 spiro atoms. The van der Waals surface area contributed by atoms with Crippen molar-refractivity contribution >= 4 is 34.7 Å². The molecule has 196 valence electrons. The fourth-order valence-corrected chi connectivity index (χ4v) is 4.86. The minimum absolute atomic E-state index is 0.00930. The van der Waals surface area contributed by atoms with E-state index in [2.05, 4.69) is 5.32 Å². The number of nitrogens with zero attached hydrogens (tertiary/aromatic N) is 3. The van der Waals surface area contributed by atoms with Crippen molar-refractivity contribution in [1.82, 2.24) is 14.7 Å². The van der Waals surface area contributed by atoms with Gasteiger partial charge >= 0.3 is 0 Å². The predicted octanol–water partition coefficient (Wildman–Crippen LogP) is 5.33. The van der Waals surface area contributed by atoms with E-state index in [4.69, 9.17) is 21.3 Å². The highest BCUT2D eigenvalue weighted by Crippen LogP contribution is 2.38. The smallest absolute Gasteiger partial charge is 0.251 e. The van der Waals surface area contributed by atoms with E-state index in [9.17, 15) is 9.59 Å². The number of methoxy groups -OCH3 is 1. The average molecular weight is 539 g/mol. The number of rotatable bonds is 6. The summed E-state index contributed by atoms with van der Waals surface area (Å²) in [6.07, 6.45) is 3.70. The van der Waals surface area contributed by atoms with Crippen LogP contribution in [-0.4, -0.2) is 40.9 Å². The first kappa shape index (κ1) is 25.7. The summed E-state index contributed by atoms with van der Waals surface area (Å²) < 4.78 is 37.3. The summed E-state index contributed by atoms with van der Waals surface area (Å²) in [7, 11) is 1.31. The molecule has 1 aliphatic rings. The molecule has 1 saturated heterocycles. The third-order valence-electron chi connectivity index (χ3n) is 6.73. The van der Waals surface area contributed by atoms with Crippen molar-refractivity contribution in [1.29, 1.82) is 0 Å². The normalized spacial score (nSPS) is 17.4. The van der Waals surface area contributed by atoms with Gasteiger partial charge in [-0.3, -0.25) is 9.59 Å². The number of ether oxygens (including phenoxy) is 1. The Hall–Kier alpha value is -3.98. The molecule has 3 heterocycles. The first-order chi connectivity index (χ1) is 18.2. The van der Waals surface area contributed by atoms with Crippen LogP contribution in [0.1, 0.15) is 47.3 Å². The number of hydrogen-bond acceptors (Lipinski definition) is 4. The van der Waals surface area contributed by atoms with E-state index in [1.54, 1.807) is 28.7 Å². The lowest BCUT2D eigenvalue weighted by molar-refractivity contribution is -0.118. The lowest BCUT2D eigenvalue weighted by atomic mass is 9.92. The number of hydrogen-bond donors (Lipinski definition) is 1. The number of nitrogens with one attached hydrogen (secondary N) is 1. The standard InChI is InChI=1S/C28H25ClF2N4O3/c1-15(2)22-14-34-10-4-5-23(26(34)32-22)35-13-19(24-20(30)11-18(38-3)12-21(24)31)25(28(35)37)33-27(36)16-6-8-17(29)9-7-16/h4-12,14-15,19,25H,13H2,1-3H3,(H,33,36)/t19-,25-/m0/s1. The molecule has 0 radical (unpaired) electrons. The SMILES string of the molecule is COc1cc(F)c([C@@H]2CN(c3cccn4cc(C(C)C)nc34)C(=O)[C@H]2NC(=O)c2ccc(Cl)cc2)c(F)c1. The molecule has 2 aromatic heterocycles. The zero-order chi connectivity index (χ0) is 27.1. The van der Waals surface area contributed by atoms with Gasteiger partial charge in [0.15, 0.2) is 5.65 Å². The molecule has 1 N–H and O–H groups in total. The van der Waals surface area contributed by atoms with Gasteiger partial charge in [0, 0.05) is 53.1 Å². The summed E-state index contributed by atoms with van der Waals surface area (Å²) in [6.45, 7) is 3.94. The number of amides is 2. The van der Waals surface area contributed by atoms with Crippen LogP contribution < -0.4 is 15.0 Å². The van der Waals surface area contributed by atoms with Crippen LogP contribution in [0.2, 0.25) is 5.02 Å². The minimum atomic E-state index is -1.24. The maximum atomic E-state index is 15.2. The summed E-state index contributed by atoms with van der Waals surface area (Å²) in [4.78, 5) is 33.0. The van der Waals surface area contributed by atoms with Crippen molar-refractivity contribution in [3.8, 4) is 5.75 Å². The Labute approximate surface area is 223 Å². The lowest BCUT2D eigenvalue weighted by Crippen LogP contribution is -2.44. The van der Waals surface area contributed by atoms with Crippen LogP contribution in [0.15, 0.2) is 60.9 Å². The molecule has 0 saturated carbocycles. The zero-order valence-electron chi connectivity index (χ0n) is 20.9. The third-order valence-corrected chi connectivity index (χ3v) is 6.98. The van der Waals surface area contributed by atoms with Crippen LogP contribution in [0.3, 0.4) is 0 Å². The number of imidazole rings is 1. The predicted molar refractivity (Wildman–Crippen MR) is 140 cm³/mol. The van der Waals surface area contributed by atoms with Crippen molar-refractivity contribution in [2.24, 2.45) is 0 Å². The Morgan fingerprint density at radius 1 is 1.16 bits per heavy atom. The second-order valence-corrected chi connectivity index (χ2v) is 9.90. The first-order valence-electron chi connectivity index (χ1n) is 12.1. The van der Waals surface area contributed by atoms with Gasteiger partial charge in [-0.2, -0.15) is 0 Å². The summed E-state index contributed by atoms with van der Waals surface area (Å²) in [6, 6.07) is 10.5. The maximum Gasteiger partial charge on any atom is 0.251 e. The lowest BCUT2D eigenvalue weighted by Gasteiger charge is -2.20. The Kier molecular flexibility index (Phi) is 6.79. The highest BCUT2D eigenvalue weighted by atomic mass is 35.5. The summed E-state index contributed by atoms with van der Waals surface area (Å²) in [5.74, 6) is -3.67. The van der Waals surface area contributed by atoms with Crippen LogP contribution in [0.4, 0.5) is 14.5 Å². The fourth-order valence-electron chi connectivity index (χ4n) is 4.73. The van der Waals surface area contributed by atoms with Gasteiger partial charge in [-0.1, -0.05) is 25.4 Å². The van der Waals surface area contributed by atoms with Gasteiger partial charge in [-0.15, -0.1) is 0 Å². The molecule has 0 bridgehead atoms. The van der Waals surface area contributed by atoms with E-state index in [0.717, 1.165) is 17.8 Å². The summed E-state index contributed by atoms with van der Waals surface area (Å²) >= 11 is 5.93. The van der Waals surface area contributed by atoms with Crippen molar-refractivity contribution in [2.75, 3.05) is 18.6 Å². The number of pyridine rings is 1. The minimum Gasteiger partial charge on any atom is -0.497 e. The zero-order valence-corrected chi connectivity index (χ0v) is 21.7. The number of anilines is 1. The molecule has 7 nitrogen and oxygen atoms in total. The first-order valence-corrected chi connectivity index (χ1v) is 12.4. The van der Waals surface area contributed by atoms with Crippen LogP contribution in [0, 0.1) is 11.6 Å². The van der Waals surface area contributed by atoms with E-state index in [-0.39, 0.29) is 29.3 Å². The van der Waals surface area contributed by atoms with Crippen molar-refractivity contribution in [3.05, 3.63) is 94.4 Å². The largest absolute Gasteiger partial charge is 0.497 e. The van der Waals surface area contributed by atoms with Gasteiger partial charge < -0.3 is 19.4 Å². The van der Waals surface area contributed by atoms with Gasteiger partial charge in [-0.05, 0) is 42.3 Å². The molecule has 2 amide bonds. The highest BCUT2D eigenvalue weighted by molar-refractivity contribution is 6.30. The van der Waals surface area contributed by atoms with Gasteiger partial charge in [0.05, 0.1) is 18.5 Å². The molecule has 4 aromatic rings. The van der Waals surface area contributed by atoms with E-state index in [1.807, 2.05) is 26.2 Å². The third kappa shape index (κ3) is 4.58. The topological polar surface area (TPSA) is 75.9 Å². The van der Waals surface area contributed by atoms with Crippen LogP contribution >= 0.6 is 11.6 Å². The van der Waals surface area contributed by atoms with Gasteiger partial charge in [0.1, 0.15) is 23.4 Å². The molecule has 5 rings (SSSR count). The Balaban J connectivity index is 1.58. The quantitative estimate of drug-likeness (QED) is 0.360. The van der Waals surface area contributed by atoms with Crippen LogP contribution in [-0.2, 0) is 4.79 Å². The number of halogens is 3. The molecule has 2 aromatic carbocycles. The number of benzene rings is 2. The van der Waals surface area contributed by atoms with E-state index >= 15 is 8.78 Å². The Bertz CT molecular complexity index is 1510. The summed E-state index contributed by atoms with van der Waals surface area (Å²) in [5, 5.41) is 3.15. The van der Waals surface area contributed by atoms with Gasteiger partial charge in [-0.25, -0.2) is 13.8 Å². The molecule has 0 aliphatic carbocycles. The number of aromatic nitrogens is 2. The maximum absolute atomic E-state index is 15.2. The highest BCUT2D eigenvalue weighted by Gasteiger charge is 2.45. The second kappa shape index (κ2) is 10.1. The van der Waals surface area contributed by atoms with E-state index in [0.29, 0.717) is 16.4 Å². The van der Waals surface area contributed by atoms with Crippen molar-refractivity contribution in [3.63, 3.8) is 0 Å². The molecule has 0 unspecified atom stereocenters. The summed E-state index contributed by atoms with van der Waals surface area (Å²) in [5.41, 5.74) is 1.80. The molecule has 1 fully saturated rings. The molecular formula is C28H25ClF2N4O3. The molecular weight excluding hydrogens is 514 g/mol. The van der Waals surface area contributed by atoms with Gasteiger partial charge in [0.25, 0.3) is 5.91 Å². The molecule has 2 atom stereocenters. The number of carbonyl (C=O) groups excluding carboxylic acids is 2. The van der Waals surface area contributed by atoms with Gasteiger partial charge in [0.2, 0.25) is 5.91 Å². The second-order valence-electron chi connectivity index (χ2n) is 9.46. The number of fused-ring (bicyclic) bond motifs is 1. The van der Waals surface area contributed by atoms with Crippen LogP contribution in [0.5, 0.6) is 5.75 Å². The Morgan fingerprint density at radius 3 is 2.47 bits per heavy atom. The number of carbonyl (C=O) groups is 2. The fraction of sp³-hybridized carbons (Fsp3) is 0.250.